The van der Waals surface area contributed by atoms with Gasteiger partial charge in [0.15, 0.2) is 5.82 Å². The summed E-state index contributed by atoms with van der Waals surface area (Å²) in [5.74, 6) is 1.65. The Bertz CT molecular complexity index is 354. The Labute approximate surface area is 116 Å². The molecule has 1 unspecified atom stereocenters. The molecule has 0 amide bonds. The van der Waals surface area contributed by atoms with Crippen LogP contribution >= 0.6 is 0 Å². The second-order valence-electron chi connectivity index (χ2n) is 5.71. The van der Waals surface area contributed by atoms with Gasteiger partial charge in [0, 0.05) is 12.5 Å². The molecule has 0 saturated heterocycles. The smallest absolute Gasteiger partial charge is 0.176 e. The highest BCUT2D eigenvalue weighted by Gasteiger charge is 2.23. The molecular formula is C14H27N5. The molecule has 1 fully saturated rings. The minimum Gasteiger partial charge on any atom is -0.313 e. The van der Waals surface area contributed by atoms with Crippen molar-refractivity contribution in [2.24, 2.45) is 13.0 Å². The lowest BCUT2D eigenvalue weighted by Gasteiger charge is -2.26. The third kappa shape index (κ3) is 4.56. The summed E-state index contributed by atoms with van der Waals surface area (Å²) >= 11 is 0. The lowest BCUT2D eigenvalue weighted by atomic mass is 9.89. The molecule has 5 nitrogen and oxygen atoms in total. The van der Waals surface area contributed by atoms with Crippen LogP contribution in [0.3, 0.4) is 0 Å². The molecule has 1 saturated carbocycles. The molecule has 5 heteroatoms. The standard InChI is InChI=1S/C14H27N5/c1-3-10-15-13(11-14-16-18-19(2)17-14)12-8-6-4-5-7-9-12/h12-13,15H,3-11H2,1-2H3. The average molecular weight is 265 g/mol. The minimum atomic E-state index is 0.516. The number of tetrazole rings is 1. The maximum absolute atomic E-state index is 4.33. The maximum Gasteiger partial charge on any atom is 0.176 e. The van der Waals surface area contributed by atoms with Crippen LogP contribution in [0.25, 0.3) is 0 Å². The zero-order chi connectivity index (χ0) is 13.5. The predicted molar refractivity (Wildman–Crippen MR) is 75.8 cm³/mol. The van der Waals surface area contributed by atoms with Crippen molar-refractivity contribution in [1.82, 2.24) is 25.5 Å². The fourth-order valence-corrected chi connectivity index (χ4v) is 3.05. The highest BCUT2D eigenvalue weighted by Crippen LogP contribution is 2.26. The van der Waals surface area contributed by atoms with E-state index in [1.165, 1.54) is 44.9 Å². The molecule has 1 heterocycles. The van der Waals surface area contributed by atoms with Crippen molar-refractivity contribution in [3.05, 3.63) is 5.82 Å². The van der Waals surface area contributed by atoms with Gasteiger partial charge >= 0.3 is 0 Å². The Morgan fingerprint density at radius 1 is 1.26 bits per heavy atom. The maximum atomic E-state index is 4.33. The number of nitrogens with zero attached hydrogens (tertiary/aromatic N) is 4. The molecule has 1 aliphatic rings. The van der Waals surface area contributed by atoms with Crippen molar-refractivity contribution in [1.29, 1.82) is 0 Å². The van der Waals surface area contributed by atoms with Crippen LogP contribution in [-0.2, 0) is 13.5 Å². The Hall–Kier alpha value is -0.970. The first-order chi connectivity index (χ1) is 9.29. The number of hydrogen-bond donors (Lipinski definition) is 1. The Kier molecular flexibility index (Phi) is 5.76. The van der Waals surface area contributed by atoms with Crippen LogP contribution in [0.5, 0.6) is 0 Å². The van der Waals surface area contributed by atoms with Gasteiger partial charge in [-0.2, -0.15) is 4.80 Å². The van der Waals surface area contributed by atoms with E-state index in [1.807, 2.05) is 7.05 Å². The lowest BCUT2D eigenvalue weighted by Crippen LogP contribution is -2.38. The van der Waals surface area contributed by atoms with E-state index in [1.54, 1.807) is 4.80 Å². The molecule has 0 aliphatic heterocycles. The molecule has 1 aromatic rings. The Morgan fingerprint density at radius 2 is 2.00 bits per heavy atom. The SMILES string of the molecule is CCCNC(Cc1nnn(C)n1)C1CCCCCC1. The first-order valence-corrected chi connectivity index (χ1v) is 7.76. The van der Waals surface area contributed by atoms with Crippen molar-refractivity contribution < 1.29 is 0 Å². The van der Waals surface area contributed by atoms with Gasteiger partial charge in [-0.1, -0.05) is 32.6 Å². The van der Waals surface area contributed by atoms with E-state index in [9.17, 15) is 0 Å². The van der Waals surface area contributed by atoms with Crippen LogP contribution in [0, 0.1) is 5.92 Å². The van der Waals surface area contributed by atoms with Gasteiger partial charge in [-0.05, 0) is 36.9 Å². The predicted octanol–water partition coefficient (Wildman–Crippen LogP) is 2.09. The van der Waals surface area contributed by atoms with Crippen molar-refractivity contribution in [2.45, 2.75) is 64.3 Å². The fourth-order valence-electron chi connectivity index (χ4n) is 3.05. The van der Waals surface area contributed by atoms with Gasteiger partial charge in [0.25, 0.3) is 0 Å². The summed E-state index contributed by atoms with van der Waals surface area (Å²) in [6.45, 7) is 3.30. The molecule has 0 bridgehead atoms. The molecule has 0 aromatic carbocycles. The Balaban J connectivity index is 1.97. The van der Waals surface area contributed by atoms with E-state index < -0.39 is 0 Å². The molecule has 0 radical (unpaired) electrons. The summed E-state index contributed by atoms with van der Waals surface area (Å²) in [6.07, 6.45) is 10.4. The fraction of sp³-hybridized carbons (Fsp3) is 0.929. The minimum absolute atomic E-state index is 0.516. The molecule has 1 N–H and O–H groups in total. The van der Waals surface area contributed by atoms with Crippen LogP contribution in [0.2, 0.25) is 0 Å². The lowest BCUT2D eigenvalue weighted by molar-refractivity contribution is 0.313. The zero-order valence-corrected chi connectivity index (χ0v) is 12.3. The van der Waals surface area contributed by atoms with Crippen LogP contribution in [0.15, 0.2) is 0 Å². The summed E-state index contributed by atoms with van der Waals surface area (Å²) in [5, 5.41) is 16.1. The van der Waals surface area contributed by atoms with Gasteiger partial charge < -0.3 is 5.32 Å². The second kappa shape index (κ2) is 7.58. The molecule has 108 valence electrons. The molecule has 19 heavy (non-hydrogen) atoms. The number of aromatic nitrogens is 4. The molecule has 1 aromatic heterocycles. The first kappa shape index (κ1) is 14.4. The summed E-state index contributed by atoms with van der Waals surface area (Å²) in [5.41, 5.74) is 0. The van der Waals surface area contributed by atoms with Gasteiger partial charge in [0.1, 0.15) is 0 Å². The monoisotopic (exact) mass is 265 g/mol. The van der Waals surface area contributed by atoms with Gasteiger partial charge in [0.05, 0.1) is 7.05 Å². The number of nitrogens with one attached hydrogen (secondary N) is 1. The normalized spacial score (nSPS) is 19.3. The van der Waals surface area contributed by atoms with Crippen LogP contribution < -0.4 is 5.32 Å². The van der Waals surface area contributed by atoms with Gasteiger partial charge in [-0.3, -0.25) is 0 Å². The zero-order valence-electron chi connectivity index (χ0n) is 12.3. The van der Waals surface area contributed by atoms with E-state index in [0.717, 1.165) is 24.7 Å². The van der Waals surface area contributed by atoms with Gasteiger partial charge in [-0.25, -0.2) is 0 Å². The van der Waals surface area contributed by atoms with E-state index in [4.69, 9.17) is 0 Å². The molecular weight excluding hydrogens is 238 g/mol. The third-order valence-electron chi connectivity index (χ3n) is 4.08. The summed E-state index contributed by atoms with van der Waals surface area (Å²) in [6, 6.07) is 0.516. The van der Waals surface area contributed by atoms with Crippen molar-refractivity contribution in [2.75, 3.05) is 6.54 Å². The molecule has 0 spiro atoms. The quantitative estimate of drug-likeness (QED) is 0.800. The summed E-state index contributed by atoms with van der Waals surface area (Å²) < 4.78 is 0. The van der Waals surface area contributed by atoms with Crippen molar-refractivity contribution in [3.8, 4) is 0 Å². The van der Waals surface area contributed by atoms with Gasteiger partial charge in [-0.15, -0.1) is 10.2 Å². The molecule has 1 aliphatic carbocycles. The highest BCUT2D eigenvalue weighted by atomic mass is 15.6. The van der Waals surface area contributed by atoms with E-state index in [2.05, 4.69) is 27.7 Å². The van der Waals surface area contributed by atoms with E-state index >= 15 is 0 Å². The second-order valence-corrected chi connectivity index (χ2v) is 5.71. The van der Waals surface area contributed by atoms with Gasteiger partial charge in [0.2, 0.25) is 0 Å². The number of aryl methyl sites for hydroxylation is 1. The van der Waals surface area contributed by atoms with Crippen LogP contribution in [-0.4, -0.2) is 32.8 Å². The van der Waals surface area contributed by atoms with Crippen LogP contribution in [0.1, 0.15) is 57.7 Å². The number of rotatable bonds is 6. The third-order valence-corrected chi connectivity index (χ3v) is 4.08. The molecule has 1 atom stereocenters. The largest absolute Gasteiger partial charge is 0.313 e. The van der Waals surface area contributed by atoms with E-state index in [0.29, 0.717) is 6.04 Å². The number of hydrogen-bond acceptors (Lipinski definition) is 4. The van der Waals surface area contributed by atoms with Crippen molar-refractivity contribution >= 4 is 0 Å². The highest BCUT2D eigenvalue weighted by molar-refractivity contribution is 4.89. The Morgan fingerprint density at radius 3 is 2.58 bits per heavy atom. The van der Waals surface area contributed by atoms with E-state index in [-0.39, 0.29) is 0 Å². The first-order valence-electron chi connectivity index (χ1n) is 7.76. The summed E-state index contributed by atoms with van der Waals surface area (Å²) in [7, 11) is 1.83. The summed E-state index contributed by atoms with van der Waals surface area (Å²) in [4.78, 5) is 1.55. The molecule has 2 rings (SSSR count). The van der Waals surface area contributed by atoms with Crippen molar-refractivity contribution in [3.63, 3.8) is 0 Å². The topological polar surface area (TPSA) is 55.6 Å². The average Bonchev–Trinajstić information content (AvgIpc) is 2.67. The van der Waals surface area contributed by atoms with Crippen LogP contribution in [0.4, 0.5) is 0 Å².